The summed E-state index contributed by atoms with van der Waals surface area (Å²) in [7, 11) is 0. The van der Waals surface area contributed by atoms with E-state index in [1.807, 2.05) is 38.1 Å². The van der Waals surface area contributed by atoms with E-state index in [0.29, 0.717) is 11.4 Å². The maximum atomic E-state index is 12.1. The van der Waals surface area contributed by atoms with Gasteiger partial charge in [-0.05, 0) is 43.2 Å². The second-order valence-corrected chi connectivity index (χ2v) is 5.93. The number of anilines is 1. The normalized spacial score (nSPS) is 11.5. The number of carbonyl (C=O) groups excluding carboxylic acids is 2. The SMILES string of the molecule is CC[C@@H](NC(=O)COc1ccc(NC(C)=O)cc1)c1ccc(C)cc1. The molecule has 0 aliphatic carbocycles. The van der Waals surface area contributed by atoms with Gasteiger partial charge in [0, 0.05) is 12.6 Å². The summed E-state index contributed by atoms with van der Waals surface area (Å²) in [6.07, 6.45) is 0.806. The van der Waals surface area contributed by atoms with Crippen molar-refractivity contribution >= 4 is 17.5 Å². The molecular formula is C20H24N2O3. The van der Waals surface area contributed by atoms with Gasteiger partial charge >= 0.3 is 0 Å². The Morgan fingerprint density at radius 2 is 1.68 bits per heavy atom. The van der Waals surface area contributed by atoms with Crippen molar-refractivity contribution in [1.29, 1.82) is 0 Å². The van der Waals surface area contributed by atoms with Crippen LogP contribution in [0.15, 0.2) is 48.5 Å². The van der Waals surface area contributed by atoms with E-state index in [2.05, 4.69) is 10.6 Å². The first-order valence-electron chi connectivity index (χ1n) is 8.34. The van der Waals surface area contributed by atoms with Crippen molar-refractivity contribution in [2.24, 2.45) is 0 Å². The Labute approximate surface area is 148 Å². The molecule has 0 saturated heterocycles. The van der Waals surface area contributed by atoms with Gasteiger partial charge in [0.25, 0.3) is 5.91 Å². The summed E-state index contributed by atoms with van der Waals surface area (Å²) in [5.41, 5.74) is 2.96. The van der Waals surface area contributed by atoms with Crippen molar-refractivity contribution in [1.82, 2.24) is 5.32 Å². The standard InChI is InChI=1S/C20H24N2O3/c1-4-19(16-7-5-14(2)6-8-16)22-20(24)13-25-18-11-9-17(10-12-18)21-15(3)23/h5-12,19H,4,13H2,1-3H3,(H,21,23)(H,22,24)/t19-/m1/s1. The van der Waals surface area contributed by atoms with Crippen LogP contribution in [0.1, 0.15) is 37.4 Å². The Bertz CT molecular complexity index is 709. The Morgan fingerprint density at radius 1 is 1.04 bits per heavy atom. The number of hydrogen-bond acceptors (Lipinski definition) is 3. The maximum Gasteiger partial charge on any atom is 0.258 e. The third-order valence-corrected chi connectivity index (χ3v) is 3.77. The van der Waals surface area contributed by atoms with Gasteiger partial charge in [-0.1, -0.05) is 36.8 Å². The zero-order chi connectivity index (χ0) is 18.2. The third kappa shape index (κ3) is 5.95. The molecule has 5 nitrogen and oxygen atoms in total. The fraction of sp³-hybridized carbons (Fsp3) is 0.300. The van der Waals surface area contributed by atoms with Gasteiger partial charge in [0.15, 0.2) is 6.61 Å². The number of benzene rings is 2. The predicted octanol–water partition coefficient (Wildman–Crippen LogP) is 3.60. The predicted molar refractivity (Wildman–Crippen MR) is 98.6 cm³/mol. The largest absolute Gasteiger partial charge is 0.484 e. The highest BCUT2D eigenvalue weighted by Crippen LogP contribution is 2.18. The molecule has 0 fully saturated rings. The van der Waals surface area contributed by atoms with Crippen LogP contribution in [0.4, 0.5) is 5.69 Å². The molecule has 2 aromatic carbocycles. The summed E-state index contributed by atoms with van der Waals surface area (Å²) in [5, 5.41) is 5.67. The third-order valence-electron chi connectivity index (χ3n) is 3.77. The first-order valence-corrected chi connectivity index (χ1v) is 8.34. The lowest BCUT2D eigenvalue weighted by Gasteiger charge is -2.18. The van der Waals surface area contributed by atoms with Crippen LogP contribution in [0.5, 0.6) is 5.75 Å². The Morgan fingerprint density at radius 3 is 2.24 bits per heavy atom. The van der Waals surface area contributed by atoms with E-state index < -0.39 is 0 Å². The molecule has 25 heavy (non-hydrogen) atoms. The van der Waals surface area contributed by atoms with Crippen molar-refractivity contribution in [3.8, 4) is 5.75 Å². The van der Waals surface area contributed by atoms with Crippen LogP contribution >= 0.6 is 0 Å². The van der Waals surface area contributed by atoms with Crippen molar-refractivity contribution in [3.63, 3.8) is 0 Å². The number of ether oxygens (including phenoxy) is 1. The maximum absolute atomic E-state index is 12.1. The summed E-state index contributed by atoms with van der Waals surface area (Å²) in [4.78, 5) is 23.1. The minimum atomic E-state index is -0.168. The molecule has 2 rings (SSSR count). The van der Waals surface area contributed by atoms with Crippen molar-refractivity contribution in [3.05, 3.63) is 59.7 Å². The highest BCUT2D eigenvalue weighted by atomic mass is 16.5. The summed E-state index contributed by atoms with van der Waals surface area (Å²) in [6, 6.07) is 15.0. The van der Waals surface area contributed by atoms with E-state index >= 15 is 0 Å². The van der Waals surface area contributed by atoms with E-state index in [1.54, 1.807) is 24.3 Å². The molecule has 0 unspecified atom stereocenters. The Balaban J connectivity index is 1.86. The lowest BCUT2D eigenvalue weighted by Crippen LogP contribution is -2.32. The fourth-order valence-corrected chi connectivity index (χ4v) is 2.44. The molecule has 0 aliphatic heterocycles. The first-order chi connectivity index (χ1) is 12.0. The van der Waals surface area contributed by atoms with Gasteiger partial charge in [-0.3, -0.25) is 9.59 Å². The van der Waals surface area contributed by atoms with E-state index in [0.717, 1.165) is 12.0 Å². The Kier molecular flexibility index (Phi) is 6.57. The topological polar surface area (TPSA) is 67.4 Å². The summed E-state index contributed by atoms with van der Waals surface area (Å²) >= 11 is 0. The molecule has 2 N–H and O–H groups in total. The van der Waals surface area contributed by atoms with Gasteiger partial charge in [0.1, 0.15) is 5.75 Å². The number of aryl methyl sites for hydroxylation is 1. The van der Waals surface area contributed by atoms with Gasteiger partial charge in [-0.15, -0.1) is 0 Å². The lowest BCUT2D eigenvalue weighted by molar-refractivity contribution is -0.123. The number of amides is 2. The minimum Gasteiger partial charge on any atom is -0.484 e. The first kappa shape index (κ1) is 18.5. The summed E-state index contributed by atoms with van der Waals surface area (Å²) in [6.45, 7) is 5.47. The van der Waals surface area contributed by atoms with E-state index in [4.69, 9.17) is 4.74 Å². The Hall–Kier alpha value is -2.82. The summed E-state index contributed by atoms with van der Waals surface area (Å²) < 4.78 is 5.50. The van der Waals surface area contributed by atoms with Gasteiger partial charge in [-0.25, -0.2) is 0 Å². The molecule has 0 spiro atoms. The quantitative estimate of drug-likeness (QED) is 0.809. The minimum absolute atomic E-state index is 0.0288. The van der Waals surface area contributed by atoms with Gasteiger partial charge in [-0.2, -0.15) is 0 Å². The van der Waals surface area contributed by atoms with Gasteiger partial charge < -0.3 is 15.4 Å². The van der Waals surface area contributed by atoms with E-state index in [-0.39, 0.29) is 24.5 Å². The lowest BCUT2D eigenvalue weighted by atomic mass is 10.0. The second-order valence-electron chi connectivity index (χ2n) is 5.93. The van der Waals surface area contributed by atoms with Gasteiger partial charge in [0.05, 0.1) is 6.04 Å². The highest BCUT2D eigenvalue weighted by Gasteiger charge is 2.13. The second kappa shape index (κ2) is 8.87. The monoisotopic (exact) mass is 340 g/mol. The molecule has 132 valence electrons. The van der Waals surface area contributed by atoms with Crippen LogP contribution in [0.25, 0.3) is 0 Å². The molecule has 2 aromatic rings. The molecule has 0 radical (unpaired) electrons. The molecule has 0 heterocycles. The highest BCUT2D eigenvalue weighted by molar-refractivity contribution is 5.88. The number of rotatable bonds is 7. The van der Waals surface area contributed by atoms with Crippen LogP contribution < -0.4 is 15.4 Å². The average molecular weight is 340 g/mol. The van der Waals surface area contributed by atoms with Crippen LogP contribution in [-0.4, -0.2) is 18.4 Å². The van der Waals surface area contributed by atoms with Crippen molar-refractivity contribution < 1.29 is 14.3 Å². The van der Waals surface area contributed by atoms with E-state index in [1.165, 1.54) is 12.5 Å². The molecular weight excluding hydrogens is 316 g/mol. The zero-order valence-electron chi connectivity index (χ0n) is 14.8. The molecule has 0 aromatic heterocycles. The summed E-state index contributed by atoms with van der Waals surface area (Å²) in [5.74, 6) is 0.278. The molecule has 0 bridgehead atoms. The van der Waals surface area contributed by atoms with Crippen LogP contribution in [0.3, 0.4) is 0 Å². The molecule has 0 aliphatic rings. The van der Waals surface area contributed by atoms with Crippen molar-refractivity contribution in [2.45, 2.75) is 33.2 Å². The molecule has 1 atom stereocenters. The van der Waals surface area contributed by atoms with Crippen LogP contribution in [-0.2, 0) is 9.59 Å². The molecule has 2 amide bonds. The molecule has 0 saturated carbocycles. The number of carbonyl (C=O) groups is 2. The van der Waals surface area contributed by atoms with Crippen LogP contribution in [0.2, 0.25) is 0 Å². The smallest absolute Gasteiger partial charge is 0.258 e. The van der Waals surface area contributed by atoms with Crippen molar-refractivity contribution in [2.75, 3.05) is 11.9 Å². The fourth-order valence-electron chi connectivity index (χ4n) is 2.44. The number of nitrogens with one attached hydrogen (secondary N) is 2. The van der Waals surface area contributed by atoms with E-state index in [9.17, 15) is 9.59 Å². The molecule has 5 heteroatoms. The van der Waals surface area contributed by atoms with Crippen LogP contribution in [0, 0.1) is 6.92 Å². The zero-order valence-corrected chi connectivity index (χ0v) is 14.8. The number of hydrogen-bond donors (Lipinski definition) is 2. The van der Waals surface area contributed by atoms with Gasteiger partial charge in [0.2, 0.25) is 5.91 Å². The average Bonchev–Trinajstić information content (AvgIpc) is 2.59.